The average Bonchev–Trinajstić information content (AvgIpc) is 2.50. The summed E-state index contributed by atoms with van der Waals surface area (Å²) in [6, 6.07) is 7.68. The Morgan fingerprint density at radius 2 is 1.90 bits per heavy atom. The second-order valence-corrected chi connectivity index (χ2v) is 4.81. The Balaban J connectivity index is 2.31. The number of hydrogen-bond donors (Lipinski definition) is 2. The summed E-state index contributed by atoms with van der Waals surface area (Å²) in [7, 11) is 0. The Hall–Kier alpha value is -1.59. The maximum Gasteiger partial charge on any atom is 0.238 e. The molecule has 0 fully saturated rings. The number of anilines is 1. The molecule has 0 aliphatic heterocycles. The summed E-state index contributed by atoms with van der Waals surface area (Å²) in [5, 5.41) is 6.00. The highest BCUT2D eigenvalue weighted by molar-refractivity contribution is 5.92. The summed E-state index contributed by atoms with van der Waals surface area (Å²) in [5.41, 5.74) is 0.767. The number of carbonyl (C=O) groups is 1. The molecule has 1 unspecified atom stereocenters. The minimum Gasteiger partial charge on any atom is -0.491 e. The van der Waals surface area contributed by atoms with Crippen LogP contribution in [0.5, 0.6) is 5.75 Å². The van der Waals surface area contributed by atoms with E-state index in [4.69, 9.17) is 9.47 Å². The minimum atomic E-state index is -0.0414. The van der Waals surface area contributed by atoms with Gasteiger partial charge >= 0.3 is 0 Å². The normalized spacial score (nSPS) is 12.0. The van der Waals surface area contributed by atoms with Crippen LogP contribution in [-0.2, 0) is 9.53 Å². The van der Waals surface area contributed by atoms with Gasteiger partial charge in [0.2, 0.25) is 5.91 Å². The minimum absolute atomic E-state index is 0.0414. The Kier molecular flexibility index (Phi) is 8.47. The van der Waals surface area contributed by atoms with E-state index in [9.17, 15) is 4.79 Å². The van der Waals surface area contributed by atoms with Crippen LogP contribution in [0.25, 0.3) is 0 Å². The third-order valence-electron chi connectivity index (χ3n) is 3.06. The summed E-state index contributed by atoms with van der Waals surface area (Å²) in [4.78, 5) is 11.7. The van der Waals surface area contributed by atoms with Crippen molar-refractivity contribution >= 4 is 11.6 Å². The van der Waals surface area contributed by atoms with E-state index in [2.05, 4.69) is 24.5 Å². The molecule has 0 radical (unpaired) electrons. The van der Waals surface area contributed by atoms with Crippen molar-refractivity contribution in [2.75, 3.05) is 31.7 Å². The molecule has 1 atom stereocenters. The van der Waals surface area contributed by atoms with E-state index >= 15 is 0 Å². The lowest BCUT2D eigenvalue weighted by Crippen LogP contribution is -2.33. The fourth-order valence-corrected chi connectivity index (χ4v) is 1.61. The molecule has 0 bridgehead atoms. The van der Waals surface area contributed by atoms with Crippen LogP contribution in [0.1, 0.15) is 27.2 Å². The van der Waals surface area contributed by atoms with Gasteiger partial charge in [-0.05, 0) is 44.5 Å². The number of benzene rings is 1. The first-order valence-electron chi connectivity index (χ1n) is 7.49. The van der Waals surface area contributed by atoms with Crippen LogP contribution in [0, 0.1) is 0 Å². The summed E-state index contributed by atoms with van der Waals surface area (Å²) in [5.74, 6) is 0.728. The summed E-state index contributed by atoms with van der Waals surface area (Å²) in [6.07, 6.45) is 1.00. The van der Waals surface area contributed by atoms with E-state index in [0.717, 1.165) is 17.9 Å². The maximum absolute atomic E-state index is 11.7. The predicted octanol–water partition coefficient (Wildman–Crippen LogP) is 2.43. The van der Waals surface area contributed by atoms with Gasteiger partial charge in [-0.25, -0.2) is 0 Å². The van der Waals surface area contributed by atoms with Gasteiger partial charge in [0.15, 0.2) is 0 Å². The monoisotopic (exact) mass is 294 g/mol. The number of amides is 1. The SMILES string of the molecule is CCOCCOc1ccc(NC(=O)CNC(C)CC)cc1. The zero-order valence-electron chi connectivity index (χ0n) is 13.1. The molecule has 0 aromatic heterocycles. The van der Waals surface area contributed by atoms with Crippen LogP contribution in [0.4, 0.5) is 5.69 Å². The van der Waals surface area contributed by atoms with Crippen molar-refractivity contribution < 1.29 is 14.3 Å². The Bertz CT molecular complexity index is 406. The van der Waals surface area contributed by atoms with Gasteiger partial charge in [-0.2, -0.15) is 0 Å². The van der Waals surface area contributed by atoms with Gasteiger partial charge < -0.3 is 20.1 Å². The molecule has 1 rings (SSSR count). The first-order chi connectivity index (χ1) is 10.2. The maximum atomic E-state index is 11.7. The molecule has 0 saturated carbocycles. The Morgan fingerprint density at radius 1 is 1.19 bits per heavy atom. The van der Waals surface area contributed by atoms with Crippen molar-refractivity contribution in [3.63, 3.8) is 0 Å². The predicted molar refractivity (Wildman–Crippen MR) is 84.8 cm³/mol. The molecule has 21 heavy (non-hydrogen) atoms. The van der Waals surface area contributed by atoms with E-state index in [1.165, 1.54) is 0 Å². The molecule has 0 spiro atoms. The van der Waals surface area contributed by atoms with Crippen LogP contribution < -0.4 is 15.4 Å². The lowest BCUT2D eigenvalue weighted by molar-refractivity contribution is -0.115. The zero-order valence-corrected chi connectivity index (χ0v) is 13.1. The lowest BCUT2D eigenvalue weighted by atomic mass is 10.2. The first kappa shape index (κ1) is 17.5. The molecule has 0 aliphatic carbocycles. The molecule has 118 valence electrons. The highest BCUT2D eigenvalue weighted by Crippen LogP contribution is 2.15. The van der Waals surface area contributed by atoms with Gasteiger partial charge in [-0.3, -0.25) is 4.79 Å². The Labute approximate surface area is 127 Å². The summed E-state index contributed by atoms with van der Waals surface area (Å²) in [6.45, 7) is 8.21. The number of rotatable bonds is 10. The van der Waals surface area contributed by atoms with E-state index in [1.54, 1.807) is 0 Å². The Morgan fingerprint density at radius 3 is 2.52 bits per heavy atom. The quantitative estimate of drug-likeness (QED) is 0.651. The largest absolute Gasteiger partial charge is 0.491 e. The third-order valence-corrected chi connectivity index (χ3v) is 3.06. The van der Waals surface area contributed by atoms with Crippen LogP contribution >= 0.6 is 0 Å². The van der Waals surface area contributed by atoms with Gasteiger partial charge in [-0.15, -0.1) is 0 Å². The van der Waals surface area contributed by atoms with Gasteiger partial charge in [-0.1, -0.05) is 6.92 Å². The standard InChI is InChI=1S/C16H26N2O3/c1-4-13(3)17-12-16(19)18-14-6-8-15(9-7-14)21-11-10-20-5-2/h6-9,13,17H,4-5,10-12H2,1-3H3,(H,18,19). The summed E-state index contributed by atoms with van der Waals surface area (Å²) >= 11 is 0. The number of ether oxygens (including phenoxy) is 2. The van der Waals surface area contributed by atoms with Crippen molar-refractivity contribution in [1.29, 1.82) is 0 Å². The zero-order chi connectivity index (χ0) is 15.5. The van der Waals surface area contributed by atoms with Crippen LogP contribution in [0.2, 0.25) is 0 Å². The van der Waals surface area contributed by atoms with Gasteiger partial charge in [0.1, 0.15) is 12.4 Å². The van der Waals surface area contributed by atoms with E-state index in [0.29, 0.717) is 32.4 Å². The van der Waals surface area contributed by atoms with Crippen molar-refractivity contribution in [3.8, 4) is 5.75 Å². The molecule has 0 heterocycles. The van der Waals surface area contributed by atoms with Crippen LogP contribution in [0.3, 0.4) is 0 Å². The molecule has 1 amide bonds. The number of hydrogen-bond acceptors (Lipinski definition) is 4. The average molecular weight is 294 g/mol. The second-order valence-electron chi connectivity index (χ2n) is 4.81. The number of carbonyl (C=O) groups excluding carboxylic acids is 1. The molecule has 0 saturated heterocycles. The highest BCUT2D eigenvalue weighted by Gasteiger charge is 2.04. The second kappa shape index (κ2) is 10.2. The van der Waals surface area contributed by atoms with Crippen molar-refractivity contribution in [2.45, 2.75) is 33.2 Å². The smallest absolute Gasteiger partial charge is 0.238 e. The molecule has 0 aliphatic rings. The van der Waals surface area contributed by atoms with Crippen LogP contribution in [0.15, 0.2) is 24.3 Å². The van der Waals surface area contributed by atoms with Gasteiger partial charge in [0.25, 0.3) is 0 Å². The number of nitrogens with one attached hydrogen (secondary N) is 2. The summed E-state index contributed by atoms with van der Waals surface area (Å²) < 4.78 is 10.7. The van der Waals surface area contributed by atoms with Gasteiger partial charge in [0.05, 0.1) is 13.2 Å². The first-order valence-corrected chi connectivity index (χ1v) is 7.49. The fraction of sp³-hybridized carbons (Fsp3) is 0.562. The molecular weight excluding hydrogens is 268 g/mol. The lowest BCUT2D eigenvalue weighted by Gasteiger charge is -2.11. The molecule has 2 N–H and O–H groups in total. The van der Waals surface area contributed by atoms with Crippen LogP contribution in [-0.4, -0.2) is 38.3 Å². The van der Waals surface area contributed by atoms with E-state index in [-0.39, 0.29) is 5.91 Å². The molecule has 5 heteroatoms. The topological polar surface area (TPSA) is 59.6 Å². The highest BCUT2D eigenvalue weighted by atomic mass is 16.5. The molecule has 1 aromatic carbocycles. The third kappa shape index (κ3) is 7.68. The van der Waals surface area contributed by atoms with Crippen molar-refractivity contribution in [3.05, 3.63) is 24.3 Å². The van der Waals surface area contributed by atoms with E-state index in [1.807, 2.05) is 31.2 Å². The molecular formula is C16H26N2O3. The molecule has 5 nitrogen and oxygen atoms in total. The van der Waals surface area contributed by atoms with Crippen molar-refractivity contribution in [2.24, 2.45) is 0 Å². The van der Waals surface area contributed by atoms with Crippen molar-refractivity contribution in [1.82, 2.24) is 5.32 Å². The van der Waals surface area contributed by atoms with Gasteiger partial charge in [0, 0.05) is 18.3 Å². The van der Waals surface area contributed by atoms with E-state index < -0.39 is 0 Å². The molecule has 1 aromatic rings. The fourth-order valence-electron chi connectivity index (χ4n) is 1.61.